The Balaban J connectivity index is 0.00000192. The molecule has 0 spiro atoms. The highest BCUT2D eigenvalue weighted by Crippen LogP contribution is 2.20. The van der Waals surface area contributed by atoms with E-state index in [4.69, 9.17) is 0 Å². The van der Waals surface area contributed by atoms with Crippen molar-refractivity contribution in [2.45, 2.75) is 13.1 Å². The second-order valence-electron chi connectivity index (χ2n) is 5.72. The molecule has 0 fully saturated rings. The highest BCUT2D eigenvalue weighted by Gasteiger charge is 2.03. The maximum absolute atomic E-state index is 2.35. The molecule has 0 bridgehead atoms. The Hall–Kier alpha value is -2.09. The third-order valence-corrected chi connectivity index (χ3v) is 3.78. The molecule has 0 radical (unpaired) electrons. The summed E-state index contributed by atoms with van der Waals surface area (Å²) in [6.07, 6.45) is 0. The lowest BCUT2D eigenvalue weighted by Crippen LogP contribution is -2.17. The molecule has 0 saturated heterocycles. The van der Waals surface area contributed by atoms with E-state index in [1.54, 1.807) is 0 Å². The van der Waals surface area contributed by atoms with Gasteiger partial charge in [-0.15, -0.1) is 12.4 Å². The number of nitrogens with zero attached hydrogens (tertiary/aromatic N) is 1. The second-order valence-corrected chi connectivity index (χ2v) is 5.72. The van der Waals surface area contributed by atoms with Crippen LogP contribution in [0, 0.1) is 0 Å². The Morgan fingerprint density at radius 3 is 1.83 bits per heavy atom. The third-order valence-electron chi connectivity index (χ3n) is 3.78. The molecule has 0 aliphatic rings. The van der Waals surface area contributed by atoms with Crippen LogP contribution in [0.2, 0.25) is 0 Å². The van der Waals surface area contributed by atoms with Crippen LogP contribution in [0.25, 0.3) is 11.1 Å². The molecule has 0 unspecified atom stereocenters. The number of halogens is 1. The molecule has 2 heteroatoms. The zero-order valence-electron chi connectivity index (χ0n) is 13.4. The zero-order chi connectivity index (χ0) is 15.2. The molecule has 0 amide bonds. The molecule has 3 aromatic rings. The van der Waals surface area contributed by atoms with E-state index < -0.39 is 0 Å². The van der Waals surface area contributed by atoms with Gasteiger partial charge in [-0.25, -0.2) is 0 Å². The quantitative estimate of drug-likeness (QED) is 0.607. The topological polar surface area (TPSA) is 3.24 Å². The van der Waals surface area contributed by atoms with Crippen LogP contribution in [-0.4, -0.2) is 11.9 Å². The first-order chi connectivity index (χ1) is 10.8. The van der Waals surface area contributed by atoms with Crippen LogP contribution in [0.15, 0.2) is 84.9 Å². The molecule has 0 heterocycles. The van der Waals surface area contributed by atoms with Crippen molar-refractivity contribution in [2.24, 2.45) is 0 Å². The second kappa shape index (κ2) is 8.52. The Labute approximate surface area is 145 Å². The van der Waals surface area contributed by atoms with E-state index in [1.165, 1.54) is 22.3 Å². The maximum Gasteiger partial charge on any atom is 0.0234 e. The molecule has 0 aliphatic heterocycles. The van der Waals surface area contributed by atoms with Crippen molar-refractivity contribution in [3.8, 4) is 11.1 Å². The summed E-state index contributed by atoms with van der Waals surface area (Å²) in [5.74, 6) is 0. The van der Waals surface area contributed by atoms with Crippen molar-refractivity contribution in [3.05, 3.63) is 96.1 Å². The Bertz CT molecular complexity index is 710. The Kier molecular flexibility index (Phi) is 6.40. The highest BCUT2D eigenvalue weighted by molar-refractivity contribution is 5.85. The van der Waals surface area contributed by atoms with Gasteiger partial charge in [-0.05, 0) is 35.4 Å². The number of rotatable bonds is 5. The minimum Gasteiger partial charge on any atom is -0.298 e. The fourth-order valence-electron chi connectivity index (χ4n) is 2.74. The standard InChI is InChI=1S/C21H21N.ClH/c1-22(16-18-9-4-2-5-10-18)17-19-11-8-14-21(15-19)20-12-6-3-7-13-20;/h2-15H,16-17H2,1H3;1H. The summed E-state index contributed by atoms with van der Waals surface area (Å²) in [5.41, 5.74) is 5.25. The summed E-state index contributed by atoms with van der Waals surface area (Å²) < 4.78 is 0. The minimum atomic E-state index is 0. The van der Waals surface area contributed by atoms with Gasteiger partial charge in [-0.3, -0.25) is 4.90 Å². The first kappa shape index (κ1) is 17.3. The summed E-state index contributed by atoms with van der Waals surface area (Å²) in [6, 6.07) is 30.0. The van der Waals surface area contributed by atoms with E-state index in [1.807, 2.05) is 0 Å². The highest BCUT2D eigenvalue weighted by atomic mass is 35.5. The van der Waals surface area contributed by atoms with Crippen molar-refractivity contribution in [3.63, 3.8) is 0 Å². The molecule has 3 rings (SSSR count). The van der Waals surface area contributed by atoms with Gasteiger partial charge in [0.15, 0.2) is 0 Å². The third kappa shape index (κ3) is 4.95. The maximum atomic E-state index is 2.35. The predicted molar refractivity (Wildman–Crippen MR) is 101 cm³/mol. The van der Waals surface area contributed by atoms with E-state index in [0.29, 0.717) is 0 Å². The first-order valence-electron chi connectivity index (χ1n) is 7.68. The van der Waals surface area contributed by atoms with E-state index >= 15 is 0 Å². The molecule has 0 aliphatic carbocycles. The van der Waals surface area contributed by atoms with Crippen LogP contribution in [0.4, 0.5) is 0 Å². The fourth-order valence-corrected chi connectivity index (χ4v) is 2.74. The molecule has 0 saturated carbocycles. The SMILES string of the molecule is CN(Cc1ccccc1)Cc1cccc(-c2ccccc2)c1.Cl. The smallest absolute Gasteiger partial charge is 0.0234 e. The molecule has 0 N–H and O–H groups in total. The summed E-state index contributed by atoms with van der Waals surface area (Å²) in [7, 11) is 2.17. The first-order valence-corrected chi connectivity index (χ1v) is 7.68. The van der Waals surface area contributed by atoms with Crippen LogP contribution < -0.4 is 0 Å². The van der Waals surface area contributed by atoms with Gasteiger partial charge in [0, 0.05) is 13.1 Å². The van der Waals surface area contributed by atoms with Gasteiger partial charge in [0.25, 0.3) is 0 Å². The summed E-state index contributed by atoms with van der Waals surface area (Å²) >= 11 is 0. The van der Waals surface area contributed by atoms with Crippen molar-refractivity contribution >= 4 is 12.4 Å². The van der Waals surface area contributed by atoms with Gasteiger partial charge in [-0.2, -0.15) is 0 Å². The normalized spacial score (nSPS) is 10.3. The lowest BCUT2D eigenvalue weighted by atomic mass is 10.0. The summed E-state index contributed by atoms with van der Waals surface area (Å²) in [5, 5.41) is 0. The monoisotopic (exact) mass is 323 g/mol. The zero-order valence-corrected chi connectivity index (χ0v) is 14.2. The predicted octanol–water partition coefficient (Wildman–Crippen LogP) is 5.41. The molecule has 1 nitrogen and oxygen atoms in total. The van der Waals surface area contributed by atoms with Crippen LogP contribution >= 0.6 is 12.4 Å². The largest absolute Gasteiger partial charge is 0.298 e. The van der Waals surface area contributed by atoms with Gasteiger partial charge in [0.2, 0.25) is 0 Å². The number of hydrogen-bond acceptors (Lipinski definition) is 1. The molecule has 0 aromatic heterocycles. The molecule has 118 valence electrons. The number of benzene rings is 3. The van der Waals surface area contributed by atoms with Crippen LogP contribution in [0.3, 0.4) is 0 Å². The van der Waals surface area contributed by atoms with E-state index in [0.717, 1.165) is 13.1 Å². The van der Waals surface area contributed by atoms with Gasteiger partial charge in [0.05, 0.1) is 0 Å². The molecule has 0 atom stereocenters. The lowest BCUT2D eigenvalue weighted by Gasteiger charge is -2.17. The summed E-state index contributed by atoms with van der Waals surface area (Å²) in [6.45, 7) is 1.92. The van der Waals surface area contributed by atoms with Crippen molar-refractivity contribution in [1.82, 2.24) is 4.90 Å². The van der Waals surface area contributed by atoms with E-state index in [-0.39, 0.29) is 12.4 Å². The van der Waals surface area contributed by atoms with Crippen LogP contribution in [0.5, 0.6) is 0 Å². The van der Waals surface area contributed by atoms with Crippen LogP contribution in [0.1, 0.15) is 11.1 Å². The molecular formula is C21H22ClN. The van der Waals surface area contributed by atoms with Crippen LogP contribution in [-0.2, 0) is 13.1 Å². The van der Waals surface area contributed by atoms with Crippen molar-refractivity contribution < 1.29 is 0 Å². The van der Waals surface area contributed by atoms with E-state index in [9.17, 15) is 0 Å². The average molecular weight is 324 g/mol. The van der Waals surface area contributed by atoms with Crippen molar-refractivity contribution in [1.29, 1.82) is 0 Å². The fraction of sp³-hybridized carbons (Fsp3) is 0.143. The summed E-state index contributed by atoms with van der Waals surface area (Å²) in [4.78, 5) is 2.35. The number of hydrogen-bond donors (Lipinski definition) is 0. The molecule has 3 aromatic carbocycles. The Morgan fingerprint density at radius 1 is 0.609 bits per heavy atom. The lowest BCUT2D eigenvalue weighted by molar-refractivity contribution is 0.319. The van der Waals surface area contributed by atoms with Crippen molar-refractivity contribution in [2.75, 3.05) is 7.05 Å². The Morgan fingerprint density at radius 2 is 1.13 bits per heavy atom. The van der Waals surface area contributed by atoms with E-state index in [2.05, 4.69) is 96.9 Å². The van der Waals surface area contributed by atoms with Gasteiger partial charge >= 0.3 is 0 Å². The van der Waals surface area contributed by atoms with Gasteiger partial charge in [-0.1, -0.05) is 78.9 Å². The van der Waals surface area contributed by atoms with Gasteiger partial charge < -0.3 is 0 Å². The minimum absolute atomic E-state index is 0. The molecular weight excluding hydrogens is 302 g/mol. The molecule has 23 heavy (non-hydrogen) atoms. The average Bonchev–Trinajstić information content (AvgIpc) is 2.57. The van der Waals surface area contributed by atoms with Gasteiger partial charge in [0.1, 0.15) is 0 Å².